The number of rotatable bonds is 3. The first-order chi connectivity index (χ1) is 5.35. The summed E-state index contributed by atoms with van der Waals surface area (Å²) in [5, 5.41) is 9.00. The molecule has 12 heavy (non-hydrogen) atoms. The summed E-state index contributed by atoms with van der Waals surface area (Å²) in [6, 6.07) is 0. The Balaban J connectivity index is 3.75. The van der Waals surface area contributed by atoms with Gasteiger partial charge in [0.05, 0.1) is 12.5 Å². The van der Waals surface area contributed by atoms with E-state index in [1.165, 1.54) is 0 Å². The molecule has 0 aromatic rings. The van der Waals surface area contributed by atoms with Crippen LogP contribution in [0.15, 0.2) is 0 Å². The molecular formula is C8H17NO3. The van der Waals surface area contributed by atoms with Gasteiger partial charge in [0.15, 0.2) is 0 Å². The lowest BCUT2D eigenvalue weighted by atomic mass is 10.2. The molecule has 0 amide bonds. The third-order valence-corrected chi connectivity index (χ3v) is 1.09. The summed E-state index contributed by atoms with van der Waals surface area (Å²) in [5.74, 6) is -0.416. The summed E-state index contributed by atoms with van der Waals surface area (Å²) < 4.78 is 4.96. The predicted octanol–water partition coefficient (Wildman–Crippen LogP) is 0.0378. The first-order valence-electron chi connectivity index (χ1n) is 3.95. The molecule has 0 saturated carbocycles. The average molecular weight is 175 g/mol. The number of esters is 1. The topological polar surface area (TPSA) is 72.5 Å². The molecule has 3 N–H and O–H groups in total. The first-order valence-corrected chi connectivity index (χ1v) is 3.95. The van der Waals surface area contributed by atoms with E-state index in [1.807, 2.05) is 0 Å². The summed E-state index contributed by atoms with van der Waals surface area (Å²) >= 11 is 0. The Labute approximate surface area is 72.7 Å². The molecule has 0 bridgehead atoms. The van der Waals surface area contributed by atoms with Gasteiger partial charge in [0, 0.05) is 6.54 Å². The predicted molar refractivity (Wildman–Crippen MR) is 45.5 cm³/mol. The Kier molecular flexibility index (Phi) is 4.20. The van der Waals surface area contributed by atoms with E-state index in [9.17, 15) is 4.79 Å². The van der Waals surface area contributed by atoms with E-state index in [0.717, 1.165) is 0 Å². The van der Waals surface area contributed by atoms with Crippen LogP contribution in [0.5, 0.6) is 0 Å². The standard InChI is InChI=1S/C8H17NO3/c1-8(2,3)12-7(11)4-6(10)5-9/h6,10H,4-5,9H2,1-3H3/t6-/m1/s1. The minimum atomic E-state index is -0.792. The molecule has 0 radical (unpaired) electrons. The van der Waals surface area contributed by atoms with Crippen LogP contribution in [0.2, 0.25) is 0 Å². The quantitative estimate of drug-likeness (QED) is 0.594. The van der Waals surface area contributed by atoms with Gasteiger partial charge in [-0.3, -0.25) is 4.79 Å². The Morgan fingerprint density at radius 1 is 1.58 bits per heavy atom. The zero-order valence-corrected chi connectivity index (χ0v) is 7.83. The van der Waals surface area contributed by atoms with Crippen molar-refractivity contribution in [3.05, 3.63) is 0 Å². The maximum atomic E-state index is 11.0. The molecule has 4 heteroatoms. The minimum absolute atomic E-state index is 0.0340. The lowest BCUT2D eigenvalue weighted by Crippen LogP contribution is -2.29. The van der Waals surface area contributed by atoms with Crippen molar-refractivity contribution in [3.8, 4) is 0 Å². The van der Waals surface area contributed by atoms with Gasteiger partial charge in [0.25, 0.3) is 0 Å². The normalized spacial score (nSPS) is 14.1. The molecule has 0 spiro atoms. The van der Waals surface area contributed by atoms with Crippen molar-refractivity contribution in [2.24, 2.45) is 5.73 Å². The molecule has 0 saturated heterocycles. The fourth-order valence-corrected chi connectivity index (χ4v) is 0.659. The van der Waals surface area contributed by atoms with E-state index < -0.39 is 17.7 Å². The van der Waals surface area contributed by atoms with Crippen LogP contribution >= 0.6 is 0 Å². The Morgan fingerprint density at radius 2 is 2.08 bits per heavy atom. The lowest BCUT2D eigenvalue weighted by Gasteiger charge is -2.20. The molecule has 0 aliphatic rings. The molecule has 0 aliphatic heterocycles. The highest BCUT2D eigenvalue weighted by molar-refractivity contribution is 5.70. The maximum Gasteiger partial charge on any atom is 0.308 e. The summed E-state index contributed by atoms with van der Waals surface area (Å²) in [4.78, 5) is 11.0. The highest BCUT2D eigenvalue weighted by Gasteiger charge is 2.18. The lowest BCUT2D eigenvalue weighted by molar-refractivity contribution is -0.156. The smallest absolute Gasteiger partial charge is 0.308 e. The van der Waals surface area contributed by atoms with E-state index >= 15 is 0 Å². The Bertz CT molecular complexity index is 151. The zero-order chi connectivity index (χ0) is 9.78. The van der Waals surface area contributed by atoms with Gasteiger partial charge in [-0.2, -0.15) is 0 Å². The monoisotopic (exact) mass is 175 g/mol. The van der Waals surface area contributed by atoms with E-state index in [1.54, 1.807) is 20.8 Å². The van der Waals surface area contributed by atoms with Gasteiger partial charge in [-0.05, 0) is 20.8 Å². The third kappa shape index (κ3) is 6.12. The van der Waals surface area contributed by atoms with E-state index in [0.29, 0.717) is 0 Å². The van der Waals surface area contributed by atoms with Crippen molar-refractivity contribution in [1.29, 1.82) is 0 Å². The van der Waals surface area contributed by atoms with Crippen molar-refractivity contribution in [1.82, 2.24) is 0 Å². The van der Waals surface area contributed by atoms with Gasteiger partial charge >= 0.3 is 5.97 Å². The van der Waals surface area contributed by atoms with E-state index in [-0.39, 0.29) is 13.0 Å². The van der Waals surface area contributed by atoms with Crippen LogP contribution in [-0.4, -0.2) is 29.3 Å². The number of aliphatic hydroxyl groups is 1. The molecule has 72 valence electrons. The highest BCUT2D eigenvalue weighted by Crippen LogP contribution is 2.08. The number of carbonyl (C=O) groups is 1. The number of hydrogen-bond donors (Lipinski definition) is 2. The van der Waals surface area contributed by atoms with Crippen LogP contribution < -0.4 is 5.73 Å². The third-order valence-electron chi connectivity index (χ3n) is 1.09. The van der Waals surface area contributed by atoms with Gasteiger partial charge in [-0.25, -0.2) is 0 Å². The Morgan fingerprint density at radius 3 is 2.42 bits per heavy atom. The summed E-state index contributed by atoms with van der Waals surface area (Å²) in [6.45, 7) is 5.42. The van der Waals surface area contributed by atoms with Gasteiger partial charge in [-0.1, -0.05) is 0 Å². The molecule has 0 heterocycles. The summed E-state index contributed by atoms with van der Waals surface area (Å²) in [6.07, 6.45) is -0.826. The van der Waals surface area contributed by atoms with Crippen molar-refractivity contribution in [2.75, 3.05) is 6.54 Å². The molecule has 4 nitrogen and oxygen atoms in total. The highest BCUT2D eigenvalue weighted by atomic mass is 16.6. The van der Waals surface area contributed by atoms with Gasteiger partial charge in [0.1, 0.15) is 5.60 Å². The van der Waals surface area contributed by atoms with Crippen LogP contribution in [0.1, 0.15) is 27.2 Å². The molecule has 0 aromatic carbocycles. The SMILES string of the molecule is CC(C)(C)OC(=O)C[C@@H](O)CN. The van der Waals surface area contributed by atoms with Crippen molar-refractivity contribution in [3.63, 3.8) is 0 Å². The molecule has 0 aliphatic carbocycles. The molecule has 0 unspecified atom stereocenters. The summed E-state index contributed by atoms with van der Waals surface area (Å²) in [7, 11) is 0. The molecular weight excluding hydrogens is 158 g/mol. The van der Waals surface area contributed by atoms with E-state index in [4.69, 9.17) is 15.6 Å². The largest absolute Gasteiger partial charge is 0.460 e. The van der Waals surface area contributed by atoms with Gasteiger partial charge in [0.2, 0.25) is 0 Å². The van der Waals surface area contributed by atoms with E-state index in [2.05, 4.69) is 0 Å². The second kappa shape index (κ2) is 4.42. The van der Waals surface area contributed by atoms with Crippen molar-refractivity contribution >= 4 is 5.97 Å². The minimum Gasteiger partial charge on any atom is -0.460 e. The molecule has 0 aromatic heterocycles. The number of carbonyl (C=O) groups excluding carboxylic acids is 1. The van der Waals surface area contributed by atoms with Crippen LogP contribution in [0, 0.1) is 0 Å². The van der Waals surface area contributed by atoms with Crippen molar-refractivity contribution in [2.45, 2.75) is 38.9 Å². The molecule has 0 rings (SSSR count). The number of ether oxygens (including phenoxy) is 1. The summed E-state index contributed by atoms with van der Waals surface area (Å²) in [5.41, 5.74) is 4.63. The first kappa shape index (κ1) is 11.4. The molecule has 1 atom stereocenters. The van der Waals surface area contributed by atoms with Crippen LogP contribution in [-0.2, 0) is 9.53 Å². The maximum absolute atomic E-state index is 11.0. The fourth-order valence-electron chi connectivity index (χ4n) is 0.659. The molecule has 0 fully saturated rings. The van der Waals surface area contributed by atoms with Gasteiger partial charge in [-0.15, -0.1) is 0 Å². The second-order valence-electron chi connectivity index (χ2n) is 3.68. The van der Waals surface area contributed by atoms with Gasteiger partial charge < -0.3 is 15.6 Å². The number of nitrogens with two attached hydrogens (primary N) is 1. The second-order valence-corrected chi connectivity index (χ2v) is 3.68. The average Bonchev–Trinajstić information content (AvgIpc) is 1.82. The zero-order valence-electron chi connectivity index (χ0n) is 7.83. The number of aliphatic hydroxyl groups excluding tert-OH is 1. The van der Waals surface area contributed by atoms with Crippen LogP contribution in [0.25, 0.3) is 0 Å². The van der Waals surface area contributed by atoms with Crippen LogP contribution in [0.4, 0.5) is 0 Å². The van der Waals surface area contributed by atoms with Crippen molar-refractivity contribution < 1.29 is 14.6 Å². The number of hydrogen-bond acceptors (Lipinski definition) is 4. The Hall–Kier alpha value is -0.610. The fraction of sp³-hybridized carbons (Fsp3) is 0.875. The van der Waals surface area contributed by atoms with Crippen LogP contribution in [0.3, 0.4) is 0 Å².